The first-order chi connectivity index (χ1) is 37.1. The molecule has 0 heterocycles. The van der Waals surface area contributed by atoms with Crippen LogP contribution in [0.15, 0.2) is 0 Å². The molecule has 0 nitrogen and oxygen atoms in total. The van der Waals surface area contributed by atoms with E-state index < -0.39 is 0 Å². The highest BCUT2D eigenvalue weighted by atomic mass is 14.5. The molecule has 0 amide bonds. The quantitative estimate of drug-likeness (QED) is 0.259. The molecule has 0 spiro atoms. The highest BCUT2D eigenvalue weighted by molar-refractivity contribution is 4.95. The lowest BCUT2D eigenvalue weighted by Crippen LogP contribution is -2.38. The van der Waals surface area contributed by atoms with Crippen LogP contribution in [0.2, 0.25) is 0 Å². The van der Waals surface area contributed by atoms with E-state index in [1.165, 1.54) is 154 Å². The third-order valence-corrected chi connectivity index (χ3v) is 25.7. The molecular weight excluding hydrogens is 985 g/mol. The lowest BCUT2D eigenvalue weighted by molar-refractivity contribution is 0.0202. The fourth-order valence-corrected chi connectivity index (χ4v) is 22.3. The Labute approximate surface area is 521 Å². The van der Waals surface area contributed by atoms with E-state index in [1.807, 2.05) is 0 Å². The van der Waals surface area contributed by atoms with Gasteiger partial charge in [-0.1, -0.05) is 265 Å². The lowest BCUT2D eigenvalue weighted by Gasteiger charge is -2.49. The molecule has 0 heteroatoms. The average molecular weight is 1150 g/mol. The van der Waals surface area contributed by atoms with Crippen molar-refractivity contribution in [1.82, 2.24) is 0 Å². The van der Waals surface area contributed by atoms with E-state index in [-0.39, 0.29) is 0 Å². The fraction of sp³-hybridized carbons (Fsp3) is 1.00. The van der Waals surface area contributed by atoms with Gasteiger partial charge in [0, 0.05) is 0 Å². The van der Waals surface area contributed by atoms with Gasteiger partial charge in [-0.25, -0.2) is 0 Å². The molecule has 0 radical (unpaired) electrons. The Hall–Kier alpha value is 0. The second-order valence-electron chi connectivity index (χ2n) is 41.2. The SMILES string of the molecule is CC1(C)CC(C)(C)CC(C)(C)C1.CC1C(C)(C)CCCC1(C)C.CC1C2CCC(C2)[C@H]1C.CC1CC(C)(C)CC(C)(C)C1.CC1CCC(C)(C)CC1.CCC1CC(C)(C)CC(C)(C)C1.CCC1CC2CCC1C2.C[C@@H]1CCCCC1(C)C. The molecule has 0 aromatic carbocycles. The van der Waals surface area contributed by atoms with Crippen molar-refractivity contribution >= 4 is 0 Å². The molecule has 0 N–H and O–H groups in total. The topological polar surface area (TPSA) is 0 Å². The van der Waals surface area contributed by atoms with Crippen LogP contribution >= 0.6 is 0 Å². The Balaban J connectivity index is 0.000000246. The number of fused-ring (bicyclic) bond motifs is 4. The Morgan fingerprint density at radius 3 is 0.963 bits per heavy atom. The summed E-state index contributed by atoms with van der Waals surface area (Å²) in [5, 5.41) is 0. The molecule has 10 aliphatic rings. The summed E-state index contributed by atoms with van der Waals surface area (Å²) in [6, 6.07) is 0. The van der Waals surface area contributed by atoms with Crippen molar-refractivity contribution in [3.05, 3.63) is 0 Å². The molecular formula is C82H160. The Morgan fingerprint density at radius 2 is 0.695 bits per heavy atom. The van der Waals surface area contributed by atoms with Gasteiger partial charge in [-0.15, -0.1) is 0 Å². The minimum Gasteiger partial charge on any atom is -0.0651 e. The largest absolute Gasteiger partial charge is 0.0651 e. The molecule has 10 fully saturated rings. The smallest absolute Gasteiger partial charge is 0.0323 e. The normalized spacial score (nSPS) is 35.3. The first kappa shape index (κ1) is 76.2. The summed E-state index contributed by atoms with van der Waals surface area (Å²) < 4.78 is 0. The van der Waals surface area contributed by atoms with Gasteiger partial charge in [0.1, 0.15) is 0 Å². The lowest BCUT2D eigenvalue weighted by atomic mass is 9.56. The molecule has 10 aliphatic carbocycles. The van der Waals surface area contributed by atoms with Gasteiger partial charge in [0.15, 0.2) is 0 Å². The summed E-state index contributed by atoms with van der Waals surface area (Å²) in [6.45, 7) is 72.2. The minimum atomic E-state index is 0.547. The van der Waals surface area contributed by atoms with Crippen LogP contribution in [0.4, 0.5) is 0 Å². The minimum absolute atomic E-state index is 0.547. The van der Waals surface area contributed by atoms with E-state index in [2.05, 4.69) is 208 Å². The van der Waals surface area contributed by atoms with Crippen molar-refractivity contribution in [2.24, 2.45) is 131 Å². The van der Waals surface area contributed by atoms with Crippen molar-refractivity contribution in [3.63, 3.8) is 0 Å². The van der Waals surface area contributed by atoms with Gasteiger partial charge in [0.2, 0.25) is 0 Å². The van der Waals surface area contributed by atoms with Crippen LogP contribution < -0.4 is 0 Å². The third-order valence-electron chi connectivity index (χ3n) is 25.7. The zero-order valence-corrected chi connectivity index (χ0v) is 62.9. The first-order valence-corrected chi connectivity index (χ1v) is 37.1. The van der Waals surface area contributed by atoms with E-state index in [9.17, 15) is 0 Å². The van der Waals surface area contributed by atoms with Crippen molar-refractivity contribution in [1.29, 1.82) is 0 Å². The van der Waals surface area contributed by atoms with Gasteiger partial charge < -0.3 is 0 Å². The highest BCUT2D eigenvalue weighted by Gasteiger charge is 2.45. The molecule has 6 unspecified atom stereocenters. The monoisotopic (exact) mass is 1150 g/mol. The van der Waals surface area contributed by atoms with E-state index in [0.29, 0.717) is 59.6 Å². The summed E-state index contributed by atoms with van der Waals surface area (Å²) >= 11 is 0. The van der Waals surface area contributed by atoms with E-state index >= 15 is 0 Å². The van der Waals surface area contributed by atoms with E-state index in [4.69, 9.17) is 0 Å². The van der Waals surface area contributed by atoms with Gasteiger partial charge in [-0.05, 0) is 259 Å². The standard InChI is InChI=1S/2C12H24.2C11H22.2C9H16.2C9H18/c1-10(2)7-11(3,4)9-12(5,6)8-10;1-6-10-7-11(2,3)9-12(4,5)8-10;1-9-6-10(2,3)8-11(4,5)7-9;1-9-10(2,3)7-6-8-11(9,4)5;1-6-7(2)9-4-3-8(6)5-9;1-2-8-5-7-3-4-9(8)6-7;1-8-4-6-9(2,3)7-5-8;1-8-6-4-5-7-9(8,2)3/h7-9H2,1-6H3;10H,6-9H2,1-5H3;2*9H,6-8H2,1-5H3;6-9H,3-5H2,1-2H3;7-9H,2-6H2,1H3;2*8H,4-7H2,1-3H3/t;;;;6-,7?,8?,9?;;;8-/m....0..1/s1. The van der Waals surface area contributed by atoms with Gasteiger partial charge in [0.05, 0.1) is 0 Å². The maximum Gasteiger partial charge on any atom is -0.0323 e. The molecule has 82 heavy (non-hydrogen) atoms. The summed E-state index contributed by atoms with van der Waals surface area (Å²) in [6.07, 6.45) is 42.2. The average Bonchev–Trinajstić information content (AvgIpc) is 4.10. The summed E-state index contributed by atoms with van der Waals surface area (Å²) in [5.41, 5.74) is 6.42. The molecule has 0 aliphatic heterocycles. The van der Waals surface area contributed by atoms with Crippen LogP contribution in [0.25, 0.3) is 0 Å². The summed E-state index contributed by atoms with van der Waals surface area (Å²) in [5.74, 6) is 12.5. The van der Waals surface area contributed by atoms with Gasteiger partial charge in [-0.3, -0.25) is 0 Å². The molecule has 10 rings (SSSR count). The van der Waals surface area contributed by atoms with E-state index in [0.717, 1.165) is 71.0 Å². The molecule has 8 atom stereocenters. The third kappa shape index (κ3) is 26.2. The Bertz CT molecular complexity index is 1670. The second kappa shape index (κ2) is 30.2. The second-order valence-corrected chi connectivity index (χ2v) is 41.2. The summed E-state index contributed by atoms with van der Waals surface area (Å²) in [7, 11) is 0. The number of hydrogen-bond donors (Lipinski definition) is 0. The molecule has 10 saturated carbocycles. The maximum atomic E-state index is 2.44. The maximum absolute atomic E-state index is 2.44. The van der Waals surface area contributed by atoms with Gasteiger partial charge in [0.25, 0.3) is 0 Å². The van der Waals surface area contributed by atoms with Crippen LogP contribution in [-0.2, 0) is 0 Å². The zero-order valence-electron chi connectivity index (χ0n) is 62.9. The zero-order chi connectivity index (χ0) is 62.9. The summed E-state index contributed by atoms with van der Waals surface area (Å²) in [4.78, 5) is 0. The van der Waals surface area contributed by atoms with Crippen LogP contribution in [0, 0.1) is 131 Å². The van der Waals surface area contributed by atoms with Crippen LogP contribution in [0.3, 0.4) is 0 Å². The van der Waals surface area contributed by atoms with Gasteiger partial charge in [-0.2, -0.15) is 0 Å². The van der Waals surface area contributed by atoms with E-state index in [1.54, 1.807) is 32.1 Å². The fourth-order valence-electron chi connectivity index (χ4n) is 22.3. The predicted octanol–water partition coefficient (Wildman–Crippen LogP) is 28.2. The van der Waals surface area contributed by atoms with Crippen LogP contribution in [-0.4, -0.2) is 0 Å². The first-order valence-electron chi connectivity index (χ1n) is 37.1. The van der Waals surface area contributed by atoms with Crippen molar-refractivity contribution in [2.45, 2.75) is 394 Å². The molecule has 488 valence electrons. The molecule has 0 aromatic rings. The predicted molar refractivity (Wildman–Crippen MR) is 373 cm³/mol. The highest BCUT2D eigenvalue weighted by Crippen LogP contribution is 2.56. The number of rotatable bonds is 2. The van der Waals surface area contributed by atoms with Crippen molar-refractivity contribution < 1.29 is 0 Å². The molecule has 0 saturated heterocycles. The Morgan fingerprint density at radius 1 is 0.305 bits per heavy atom. The van der Waals surface area contributed by atoms with Crippen LogP contribution in [0.5, 0.6) is 0 Å². The van der Waals surface area contributed by atoms with Gasteiger partial charge >= 0.3 is 0 Å². The van der Waals surface area contributed by atoms with Crippen molar-refractivity contribution in [2.75, 3.05) is 0 Å². The molecule has 4 bridgehead atoms. The number of hydrogen-bond acceptors (Lipinski definition) is 0. The van der Waals surface area contributed by atoms with Crippen molar-refractivity contribution in [3.8, 4) is 0 Å². The van der Waals surface area contributed by atoms with Crippen LogP contribution in [0.1, 0.15) is 394 Å². The molecule has 0 aromatic heterocycles. The Kier molecular flexibility index (Phi) is 28.1.